The molecule has 0 aliphatic carbocycles. The Balaban J connectivity index is 1.20. The number of thioether (sulfide) groups is 1. The maximum Gasteiger partial charge on any atom is 0.472 e. The number of H-pyrrole nitrogens is 1. The van der Waals surface area contributed by atoms with Gasteiger partial charge in [-0.05, 0) is 13.2 Å². The van der Waals surface area contributed by atoms with Crippen molar-refractivity contribution >= 4 is 47.9 Å². The van der Waals surface area contributed by atoms with Crippen molar-refractivity contribution < 1.29 is 48.0 Å². The minimum atomic E-state index is -5.03. The van der Waals surface area contributed by atoms with Gasteiger partial charge in [-0.2, -0.15) is 4.98 Å². The molecule has 0 spiro atoms. The van der Waals surface area contributed by atoms with Crippen molar-refractivity contribution in [2.45, 2.75) is 61.2 Å². The zero-order valence-electron chi connectivity index (χ0n) is 23.0. The van der Waals surface area contributed by atoms with Gasteiger partial charge in [-0.25, -0.2) is 24.5 Å². The van der Waals surface area contributed by atoms with Crippen molar-refractivity contribution in [2.75, 3.05) is 25.2 Å². The van der Waals surface area contributed by atoms with Crippen molar-refractivity contribution in [1.82, 2.24) is 39.0 Å². The van der Waals surface area contributed by atoms with Crippen LogP contribution in [-0.4, -0.2) is 116 Å². The first-order chi connectivity index (χ1) is 21.0. The summed E-state index contributed by atoms with van der Waals surface area (Å²) in [4.78, 5) is 45.8. The van der Waals surface area contributed by atoms with Gasteiger partial charge in [0.1, 0.15) is 47.4 Å². The van der Waals surface area contributed by atoms with Gasteiger partial charge in [0.25, 0.3) is 5.56 Å². The second-order valence-electron chi connectivity index (χ2n) is 9.70. The van der Waals surface area contributed by atoms with Gasteiger partial charge in [0, 0.05) is 6.61 Å². The SMILES string of the molecule is CCOC1C(COP(=O)(O)OC2C(O)C(O)OC2n2cnc3c(=O)[nH]c(N)nc32)OC(n2cnc3c(SC)ncnc32)C1O. The standard InChI is InChI=1S/C22H28N9O11PS/c1-3-38-13-8(40-19(11(13)32)30-7-27-10-15(30)24-5-25-18(10)44-2)4-39-43(36,37)42-14-12(33)21(35)41-20(14)31-6-26-9-16(31)28-22(23)29-17(9)34/h5-8,11-14,19-21,32-33,35H,3-4H2,1-2H3,(H,36,37)(H3,23,28,29,34). The summed E-state index contributed by atoms with van der Waals surface area (Å²) in [7, 11) is -5.03. The summed E-state index contributed by atoms with van der Waals surface area (Å²) in [5.41, 5.74) is 5.62. The first-order valence-corrected chi connectivity index (χ1v) is 15.8. The third kappa shape index (κ3) is 5.49. The first-order valence-electron chi connectivity index (χ1n) is 13.1. The van der Waals surface area contributed by atoms with Crippen LogP contribution in [-0.2, 0) is 27.8 Å². The number of aliphatic hydroxyl groups is 3. The van der Waals surface area contributed by atoms with Crippen molar-refractivity contribution in [3.8, 4) is 0 Å². The molecule has 2 saturated heterocycles. The lowest BCUT2D eigenvalue weighted by Gasteiger charge is -2.25. The van der Waals surface area contributed by atoms with Gasteiger partial charge in [0.05, 0.1) is 19.3 Å². The van der Waals surface area contributed by atoms with Crippen LogP contribution in [0, 0.1) is 0 Å². The second-order valence-corrected chi connectivity index (χ2v) is 11.9. The number of hydrogen-bond acceptors (Lipinski definition) is 17. The lowest BCUT2D eigenvalue weighted by Crippen LogP contribution is -2.37. The molecule has 4 aromatic rings. The molecule has 9 unspecified atom stereocenters. The molecule has 0 radical (unpaired) electrons. The van der Waals surface area contributed by atoms with Crippen molar-refractivity contribution in [3.05, 3.63) is 29.3 Å². The number of nitrogens with zero attached hydrogens (tertiary/aromatic N) is 7. The van der Waals surface area contributed by atoms with Crippen LogP contribution in [0.1, 0.15) is 19.4 Å². The molecule has 2 aliphatic rings. The van der Waals surface area contributed by atoms with Gasteiger partial charge in [-0.15, -0.1) is 11.8 Å². The molecule has 0 bridgehead atoms. The van der Waals surface area contributed by atoms with Crippen molar-refractivity contribution in [3.63, 3.8) is 0 Å². The number of nitrogens with one attached hydrogen (secondary N) is 1. The van der Waals surface area contributed by atoms with E-state index in [4.69, 9.17) is 29.0 Å². The summed E-state index contributed by atoms with van der Waals surface area (Å²) < 4.78 is 43.2. The van der Waals surface area contributed by atoms with Gasteiger partial charge in [0.2, 0.25) is 5.95 Å². The van der Waals surface area contributed by atoms with Crippen LogP contribution in [0.3, 0.4) is 0 Å². The van der Waals surface area contributed by atoms with Crippen LogP contribution in [0.5, 0.6) is 0 Å². The first kappa shape index (κ1) is 30.9. The largest absolute Gasteiger partial charge is 0.472 e. The van der Waals surface area contributed by atoms with Crippen LogP contribution in [0.25, 0.3) is 22.3 Å². The van der Waals surface area contributed by atoms with Crippen LogP contribution < -0.4 is 11.3 Å². The van der Waals surface area contributed by atoms with E-state index in [1.165, 1.54) is 29.0 Å². The second kappa shape index (κ2) is 12.0. The molecule has 6 heterocycles. The lowest BCUT2D eigenvalue weighted by molar-refractivity contribution is -0.141. The minimum absolute atomic E-state index is 0.0965. The van der Waals surface area contributed by atoms with E-state index in [2.05, 4.69) is 29.9 Å². The molecular formula is C22H28N9O11PS. The maximum absolute atomic E-state index is 13.1. The van der Waals surface area contributed by atoms with Crippen LogP contribution in [0.2, 0.25) is 0 Å². The number of aromatic amines is 1. The highest BCUT2D eigenvalue weighted by atomic mass is 32.2. The highest BCUT2D eigenvalue weighted by molar-refractivity contribution is 7.98. The number of imidazole rings is 2. The molecule has 2 aliphatic heterocycles. The van der Waals surface area contributed by atoms with Gasteiger partial charge >= 0.3 is 7.82 Å². The summed E-state index contributed by atoms with van der Waals surface area (Å²) in [5, 5.41) is 32.4. The summed E-state index contributed by atoms with van der Waals surface area (Å²) >= 11 is 1.37. The number of phosphoric ester groups is 1. The summed E-state index contributed by atoms with van der Waals surface area (Å²) in [6.45, 7) is 1.28. The molecule has 4 aromatic heterocycles. The predicted octanol–water partition coefficient (Wildman–Crippen LogP) is -1.36. The van der Waals surface area contributed by atoms with Crippen molar-refractivity contribution in [1.29, 1.82) is 0 Å². The zero-order valence-corrected chi connectivity index (χ0v) is 24.7. The Morgan fingerprint density at radius 1 is 1.05 bits per heavy atom. The van der Waals surface area contributed by atoms with E-state index < -0.39 is 69.3 Å². The number of nitrogen functional groups attached to an aromatic ring is 1. The van der Waals surface area contributed by atoms with Crippen LogP contribution in [0.4, 0.5) is 5.95 Å². The number of nitrogens with two attached hydrogens (primary N) is 1. The smallest absolute Gasteiger partial charge is 0.386 e. The number of aromatic nitrogens is 8. The molecule has 0 amide bonds. The quantitative estimate of drug-likeness (QED) is 0.0652. The van der Waals surface area contributed by atoms with E-state index in [0.29, 0.717) is 16.2 Å². The molecule has 238 valence electrons. The zero-order chi connectivity index (χ0) is 31.3. The van der Waals surface area contributed by atoms with E-state index in [1.54, 1.807) is 6.92 Å². The Labute approximate surface area is 250 Å². The van der Waals surface area contributed by atoms with E-state index in [0.717, 1.165) is 10.9 Å². The van der Waals surface area contributed by atoms with Gasteiger partial charge in [0.15, 0.2) is 35.6 Å². The topological polar surface area (TPSA) is 277 Å². The number of anilines is 1. The van der Waals surface area contributed by atoms with Crippen molar-refractivity contribution in [2.24, 2.45) is 0 Å². The number of phosphoric acid groups is 1. The van der Waals surface area contributed by atoms with Gasteiger partial charge < -0.3 is 40.2 Å². The Bertz CT molecular complexity index is 1770. The average molecular weight is 658 g/mol. The lowest BCUT2D eigenvalue weighted by atomic mass is 10.1. The number of hydrogen-bond donors (Lipinski definition) is 6. The van der Waals surface area contributed by atoms with E-state index in [9.17, 15) is 29.6 Å². The number of rotatable bonds is 10. The molecular weight excluding hydrogens is 629 g/mol. The summed E-state index contributed by atoms with van der Waals surface area (Å²) in [6.07, 6.45) is -5.48. The Hall–Kier alpha value is -3.08. The van der Waals surface area contributed by atoms with E-state index in [1.807, 2.05) is 6.26 Å². The molecule has 2 fully saturated rings. The van der Waals surface area contributed by atoms with Crippen LogP contribution in [0.15, 0.2) is 28.8 Å². The van der Waals surface area contributed by atoms with E-state index >= 15 is 0 Å². The molecule has 7 N–H and O–H groups in total. The average Bonchev–Trinajstić information content (AvgIpc) is 3.74. The fraction of sp³-hybridized carbons (Fsp3) is 0.545. The molecule has 20 nitrogen and oxygen atoms in total. The van der Waals surface area contributed by atoms with Gasteiger partial charge in [-0.1, -0.05) is 0 Å². The highest BCUT2D eigenvalue weighted by Gasteiger charge is 2.51. The van der Waals surface area contributed by atoms with Crippen LogP contribution >= 0.6 is 19.6 Å². The normalized spacial score (nSPS) is 30.4. The molecule has 0 saturated carbocycles. The molecule has 9 atom stereocenters. The highest BCUT2D eigenvalue weighted by Crippen LogP contribution is 2.50. The number of aliphatic hydroxyl groups excluding tert-OH is 3. The fourth-order valence-electron chi connectivity index (χ4n) is 5.10. The minimum Gasteiger partial charge on any atom is -0.386 e. The molecule has 6 rings (SSSR count). The molecule has 0 aromatic carbocycles. The summed E-state index contributed by atoms with van der Waals surface area (Å²) in [5.74, 6) is -0.251. The fourth-order valence-corrected chi connectivity index (χ4v) is 6.52. The molecule has 22 heteroatoms. The predicted molar refractivity (Wildman–Crippen MR) is 148 cm³/mol. The Kier molecular flexibility index (Phi) is 8.45. The Morgan fingerprint density at radius 3 is 2.50 bits per heavy atom. The van der Waals surface area contributed by atoms with Gasteiger partial charge in [-0.3, -0.25) is 28.0 Å². The third-order valence-electron chi connectivity index (χ3n) is 7.03. The molecule has 44 heavy (non-hydrogen) atoms. The third-order valence-corrected chi connectivity index (χ3v) is 8.70. The number of ether oxygens (including phenoxy) is 3. The summed E-state index contributed by atoms with van der Waals surface area (Å²) in [6, 6.07) is 0. The maximum atomic E-state index is 13.1. The monoisotopic (exact) mass is 657 g/mol. The number of fused-ring (bicyclic) bond motifs is 2. The van der Waals surface area contributed by atoms with E-state index in [-0.39, 0.29) is 23.7 Å². The Morgan fingerprint density at radius 2 is 1.77 bits per heavy atom.